The van der Waals surface area contributed by atoms with Crippen LogP contribution in [0.25, 0.3) is 0 Å². The first-order chi connectivity index (χ1) is 8.49. The molecular weight excluding hydrogens is 228 g/mol. The van der Waals surface area contributed by atoms with Gasteiger partial charge in [-0.3, -0.25) is 4.79 Å². The third-order valence-electron chi connectivity index (χ3n) is 3.36. The third kappa shape index (κ3) is 2.48. The Morgan fingerprint density at radius 2 is 2.17 bits per heavy atom. The second kappa shape index (κ2) is 4.98. The van der Waals surface area contributed by atoms with Gasteiger partial charge in [-0.05, 0) is 38.5 Å². The molecular formula is C14H20N2O2. The van der Waals surface area contributed by atoms with E-state index >= 15 is 0 Å². The van der Waals surface area contributed by atoms with Crippen molar-refractivity contribution in [1.82, 2.24) is 4.90 Å². The molecule has 2 unspecified atom stereocenters. The lowest BCUT2D eigenvalue weighted by molar-refractivity contribution is -0.0387. The molecule has 1 aliphatic heterocycles. The molecule has 0 radical (unpaired) electrons. The Labute approximate surface area is 108 Å². The van der Waals surface area contributed by atoms with Crippen LogP contribution in [0.15, 0.2) is 18.2 Å². The largest absolute Gasteiger partial charge is 0.399 e. The first-order valence-corrected chi connectivity index (χ1v) is 6.27. The van der Waals surface area contributed by atoms with Crippen LogP contribution in [0.3, 0.4) is 0 Å². The number of nitrogens with two attached hydrogens (primary N) is 1. The topological polar surface area (TPSA) is 55.6 Å². The lowest BCUT2D eigenvalue weighted by Gasteiger charge is -2.37. The summed E-state index contributed by atoms with van der Waals surface area (Å²) in [4.78, 5) is 14.4. The Hall–Kier alpha value is -1.55. The molecule has 2 rings (SSSR count). The monoisotopic (exact) mass is 248 g/mol. The number of aryl methyl sites for hydroxylation is 1. The van der Waals surface area contributed by atoms with Crippen molar-refractivity contribution < 1.29 is 9.53 Å². The highest BCUT2D eigenvalue weighted by atomic mass is 16.5. The second-order valence-corrected chi connectivity index (χ2v) is 5.02. The fourth-order valence-electron chi connectivity index (χ4n) is 2.21. The van der Waals surface area contributed by atoms with Crippen LogP contribution in [0.4, 0.5) is 5.69 Å². The van der Waals surface area contributed by atoms with Crippen LogP contribution in [-0.4, -0.2) is 36.1 Å². The van der Waals surface area contributed by atoms with Crippen molar-refractivity contribution in [3.63, 3.8) is 0 Å². The number of anilines is 1. The molecule has 0 bridgehead atoms. The molecule has 1 aromatic rings. The van der Waals surface area contributed by atoms with Gasteiger partial charge in [0.05, 0.1) is 18.8 Å². The first-order valence-electron chi connectivity index (χ1n) is 6.27. The number of amides is 1. The molecule has 0 saturated carbocycles. The molecule has 1 amide bonds. The average molecular weight is 248 g/mol. The summed E-state index contributed by atoms with van der Waals surface area (Å²) in [6.07, 6.45) is 0.0894. The molecule has 1 heterocycles. The van der Waals surface area contributed by atoms with Gasteiger partial charge in [-0.25, -0.2) is 0 Å². The predicted octanol–water partition coefficient (Wildman–Crippen LogP) is 1.83. The number of carbonyl (C=O) groups excluding carboxylic acids is 1. The molecule has 1 fully saturated rings. The van der Waals surface area contributed by atoms with Crippen molar-refractivity contribution in [3.8, 4) is 0 Å². The summed E-state index contributed by atoms with van der Waals surface area (Å²) in [7, 11) is 0. The maximum absolute atomic E-state index is 12.5. The van der Waals surface area contributed by atoms with Crippen LogP contribution < -0.4 is 5.73 Å². The van der Waals surface area contributed by atoms with Crippen molar-refractivity contribution in [3.05, 3.63) is 29.3 Å². The number of carbonyl (C=O) groups is 1. The van der Waals surface area contributed by atoms with Gasteiger partial charge in [-0.1, -0.05) is 6.07 Å². The van der Waals surface area contributed by atoms with E-state index in [0.29, 0.717) is 24.4 Å². The molecule has 2 N–H and O–H groups in total. The molecule has 98 valence electrons. The van der Waals surface area contributed by atoms with E-state index in [-0.39, 0.29) is 18.1 Å². The van der Waals surface area contributed by atoms with E-state index in [1.165, 1.54) is 0 Å². The van der Waals surface area contributed by atoms with Gasteiger partial charge in [0.1, 0.15) is 0 Å². The first kappa shape index (κ1) is 12.9. The molecule has 0 spiro atoms. The highest BCUT2D eigenvalue weighted by Crippen LogP contribution is 2.19. The number of hydrogen-bond donors (Lipinski definition) is 1. The molecule has 4 nitrogen and oxygen atoms in total. The average Bonchev–Trinajstić information content (AvgIpc) is 2.34. The summed E-state index contributed by atoms with van der Waals surface area (Å²) >= 11 is 0. The number of morpholine rings is 1. The number of nitrogen functional groups attached to an aromatic ring is 1. The number of rotatable bonds is 1. The van der Waals surface area contributed by atoms with Crippen molar-refractivity contribution in [2.24, 2.45) is 0 Å². The number of hydrogen-bond acceptors (Lipinski definition) is 3. The summed E-state index contributed by atoms with van der Waals surface area (Å²) in [5, 5.41) is 0. The summed E-state index contributed by atoms with van der Waals surface area (Å²) in [5.41, 5.74) is 8.03. The third-order valence-corrected chi connectivity index (χ3v) is 3.36. The second-order valence-electron chi connectivity index (χ2n) is 5.02. The van der Waals surface area contributed by atoms with Crippen molar-refractivity contribution in [2.45, 2.75) is 32.9 Å². The van der Waals surface area contributed by atoms with E-state index < -0.39 is 0 Å². The highest BCUT2D eigenvalue weighted by molar-refractivity contribution is 5.96. The van der Waals surface area contributed by atoms with Crippen LogP contribution in [0, 0.1) is 6.92 Å². The Morgan fingerprint density at radius 3 is 2.89 bits per heavy atom. The Kier molecular flexibility index (Phi) is 3.57. The van der Waals surface area contributed by atoms with E-state index in [1.54, 1.807) is 6.07 Å². The van der Waals surface area contributed by atoms with Gasteiger partial charge in [0.2, 0.25) is 0 Å². The molecule has 0 aromatic heterocycles. The minimum absolute atomic E-state index is 0.0439. The van der Waals surface area contributed by atoms with Gasteiger partial charge >= 0.3 is 0 Å². The maximum Gasteiger partial charge on any atom is 0.254 e. The van der Waals surface area contributed by atoms with Crippen LogP contribution in [-0.2, 0) is 4.74 Å². The zero-order valence-electron chi connectivity index (χ0n) is 11.1. The molecule has 1 saturated heterocycles. The fourth-order valence-corrected chi connectivity index (χ4v) is 2.21. The van der Waals surface area contributed by atoms with Crippen molar-refractivity contribution in [2.75, 3.05) is 18.9 Å². The van der Waals surface area contributed by atoms with Crippen LogP contribution in [0.1, 0.15) is 29.8 Å². The van der Waals surface area contributed by atoms with Gasteiger partial charge in [0.15, 0.2) is 0 Å². The Morgan fingerprint density at radius 1 is 1.44 bits per heavy atom. The predicted molar refractivity (Wildman–Crippen MR) is 71.5 cm³/mol. The molecule has 2 atom stereocenters. The zero-order chi connectivity index (χ0) is 13.3. The van der Waals surface area contributed by atoms with E-state index in [2.05, 4.69) is 0 Å². The van der Waals surface area contributed by atoms with E-state index in [9.17, 15) is 4.79 Å². The Bertz CT molecular complexity index is 459. The van der Waals surface area contributed by atoms with Gasteiger partial charge in [-0.2, -0.15) is 0 Å². The summed E-state index contributed by atoms with van der Waals surface area (Å²) < 4.78 is 5.54. The quantitative estimate of drug-likeness (QED) is 0.771. The normalized spacial score (nSPS) is 24.1. The minimum Gasteiger partial charge on any atom is -0.399 e. The Balaban J connectivity index is 2.27. The van der Waals surface area contributed by atoms with Crippen LogP contribution in [0.5, 0.6) is 0 Å². The number of nitrogens with zero attached hydrogens (tertiary/aromatic N) is 1. The fraction of sp³-hybridized carbons (Fsp3) is 0.500. The van der Waals surface area contributed by atoms with Gasteiger partial charge in [0, 0.05) is 17.8 Å². The minimum atomic E-state index is 0.0439. The van der Waals surface area contributed by atoms with Crippen LogP contribution in [0.2, 0.25) is 0 Å². The van der Waals surface area contributed by atoms with Crippen molar-refractivity contribution >= 4 is 11.6 Å². The van der Waals surface area contributed by atoms with E-state index in [4.69, 9.17) is 10.5 Å². The summed E-state index contributed by atoms with van der Waals surface area (Å²) in [6, 6.07) is 5.56. The molecule has 4 heteroatoms. The number of ether oxygens (including phenoxy) is 1. The van der Waals surface area contributed by atoms with Crippen LogP contribution >= 0.6 is 0 Å². The lowest BCUT2D eigenvalue weighted by Crippen LogP contribution is -2.50. The smallest absolute Gasteiger partial charge is 0.254 e. The molecule has 18 heavy (non-hydrogen) atoms. The molecule has 1 aromatic carbocycles. The maximum atomic E-state index is 12.5. The molecule has 1 aliphatic rings. The van der Waals surface area contributed by atoms with Crippen molar-refractivity contribution in [1.29, 1.82) is 0 Å². The summed E-state index contributed by atoms with van der Waals surface area (Å²) in [6.45, 7) is 7.15. The molecule has 0 aliphatic carbocycles. The van der Waals surface area contributed by atoms with Gasteiger partial charge < -0.3 is 15.4 Å². The lowest BCUT2D eigenvalue weighted by atomic mass is 10.0. The summed E-state index contributed by atoms with van der Waals surface area (Å²) in [5.74, 6) is 0.0439. The van der Waals surface area contributed by atoms with E-state index in [0.717, 1.165) is 5.56 Å². The number of benzene rings is 1. The van der Waals surface area contributed by atoms with Gasteiger partial charge in [0.25, 0.3) is 5.91 Å². The standard InChI is InChI=1S/C14H20N2O2/c1-9-4-5-12(15)6-13(9)14(17)16-7-11(3)18-8-10(16)2/h4-6,10-11H,7-8,15H2,1-3H3. The highest BCUT2D eigenvalue weighted by Gasteiger charge is 2.28. The zero-order valence-corrected chi connectivity index (χ0v) is 11.1. The SMILES string of the molecule is Cc1ccc(N)cc1C(=O)N1CC(C)OCC1C. The van der Waals surface area contributed by atoms with Gasteiger partial charge in [-0.15, -0.1) is 0 Å². The van der Waals surface area contributed by atoms with E-state index in [1.807, 2.05) is 37.8 Å².